The van der Waals surface area contributed by atoms with Crippen molar-refractivity contribution in [3.8, 4) is 5.75 Å². The summed E-state index contributed by atoms with van der Waals surface area (Å²) in [4.78, 5) is 11.6. The van der Waals surface area contributed by atoms with Crippen molar-refractivity contribution in [2.45, 2.75) is 33.6 Å². The number of hydrogen-bond donors (Lipinski definition) is 1. The van der Waals surface area contributed by atoms with Crippen LogP contribution in [0.4, 0.5) is 4.39 Å². The average Bonchev–Trinajstić information content (AvgIpc) is 2.52. The Hall–Kier alpha value is -1.82. The lowest BCUT2D eigenvalue weighted by atomic mass is 10.1. The highest BCUT2D eigenvalue weighted by Crippen LogP contribution is 2.29. The maximum absolute atomic E-state index is 14.3. The molecule has 0 unspecified atom stereocenters. The highest BCUT2D eigenvalue weighted by molar-refractivity contribution is 9.12. The number of aliphatic hydroxyl groups is 1. The SMILES string of the molecule is CCOC(=O)Cc1ccccc1OC(CC)=C(F)/C(Br)=C(\C)O. The van der Waals surface area contributed by atoms with Crippen molar-refractivity contribution in [1.82, 2.24) is 0 Å². The summed E-state index contributed by atoms with van der Waals surface area (Å²) in [7, 11) is 0. The molecule has 6 heteroatoms. The van der Waals surface area contributed by atoms with E-state index in [4.69, 9.17) is 9.47 Å². The standard InChI is InChI=1S/C17H20BrFO4/c1-4-13(17(19)16(18)11(3)20)23-14-9-7-6-8-12(14)10-15(21)22-5-2/h6-9,20H,4-5,10H2,1-3H3/b16-11-,17-13?. The molecule has 0 spiro atoms. The van der Waals surface area contributed by atoms with E-state index in [9.17, 15) is 14.3 Å². The van der Waals surface area contributed by atoms with Crippen LogP contribution in [-0.2, 0) is 16.0 Å². The van der Waals surface area contributed by atoms with E-state index in [2.05, 4.69) is 15.9 Å². The molecule has 1 N–H and O–H groups in total. The molecular formula is C17H20BrFO4. The van der Waals surface area contributed by atoms with Gasteiger partial charge in [-0.1, -0.05) is 25.1 Å². The molecule has 1 rings (SSSR count). The van der Waals surface area contributed by atoms with E-state index in [0.29, 0.717) is 17.9 Å². The van der Waals surface area contributed by atoms with Crippen LogP contribution < -0.4 is 4.74 Å². The van der Waals surface area contributed by atoms with Crippen LogP contribution in [0.3, 0.4) is 0 Å². The third-order valence-corrected chi connectivity index (χ3v) is 3.84. The minimum Gasteiger partial charge on any atom is -0.511 e. The van der Waals surface area contributed by atoms with E-state index >= 15 is 0 Å². The number of allylic oxidation sites excluding steroid dienone is 4. The third-order valence-electron chi connectivity index (χ3n) is 2.92. The van der Waals surface area contributed by atoms with E-state index in [1.165, 1.54) is 6.92 Å². The van der Waals surface area contributed by atoms with Crippen molar-refractivity contribution in [2.75, 3.05) is 6.61 Å². The maximum atomic E-state index is 14.3. The van der Waals surface area contributed by atoms with Crippen LogP contribution in [0.25, 0.3) is 0 Å². The second-order valence-corrected chi connectivity index (χ2v) is 5.47. The van der Waals surface area contributed by atoms with Crippen molar-refractivity contribution in [3.63, 3.8) is 0 Å². The fourth-order valence-corrected chi connectivity index (χ4v) is 2.02. The zero-order valence-corrected chi connectivity index (χ0v) is 14.9. The number of para-hydroxylation sites is 1. The minimum atomic E-state index is -0.682. The first kappa shape index (κ1) is 19.2. The monoisotopic (exact) mass is 386 g/mol. The molecule has 0 amide bonds. The predicted octanol–water partition coefficient (Wildman–Crippen LogP) is 4.95. The fraction of sp³-hybridized carbons (Fsp3) is 0.353. The summed E-state index contributed by atoms with van der Waals surface area (Å²) in [5.74, 6) is -0.807. The van der Waals surface area contributed by atoms with Gasteiger partial charge in [-0.3, -0.25) is 4.79 Å². The third kappa shape index (κ3) is 5.71. The lowest BCUT2D eigenvalue weighted by Crippen LogP contribution is -2.09. The van der Waals surface area contributed by atoms with Crippen LogP contribution in [0.5, 0.6) is 5.75 Å². The number of ether oxygens (including phenoxy) is 2. The number of aliphatic hydroxyl groups excluding tert-OH is 1. The normalized spacial score (nSPS) is 13.1. The second kappa shape index (κ2) is 9.35. The highest BCUT2D eigenvalue weighted by atomic mass is 79.9. The van der Waals surface area contributed by atoms with Crippen molar-refractivity contribution < 1.29 is 23.8 Å². The van der Waals surface area contributed by atoms with Crippen molar-refractivity contribution in [3.05, 3.63) is 51.7 Å². The first-order valence-corrected chi connectivity index (χ1v) is 8.05. The van der Waals surface area contributed by atoms with Gasteiger partial charge in [0.2, 0.25) is 0 Å². The van der Waals surface area contributed by atoms with Crippen LogP contribution in [0.15, 0.2) is 46.1 Å². The molecule has 0 aliphatic carbocycles. The number of carbonyl (C=O) groups excluding carboxylic acids is 1. The molecule has 23 heavy (non-hydrogen) atoms. The Morgan fingerprint density at radius 1 is 1.30 bits per heavy atom. The number of halogens is 2. The Kier molecular flexibility index (Phi) is 7.81. The average molecular weight is 387 g/mol. The van der Waals surface area contributed by atoms with Gasteiger partial charge in [0.25, 0.3) is 0 Å². The summed E-state index contributed by atoms with van der Waals surface area (Å²) in [6, 6.07) is 6.87. The van der Waals surface area contributed by atoms with Gasteiger partial charge in [0, 0.05) is 12.0 Å². The number of rotatable bonds is 7. The van der Waals surface area contributed by atoms with Gasteiger partial charge < -0.3 is 14.6 Å². The van der Waals surface area contributed by atoms with Crippen LogP contribution in [0, 0.1) is 0 Å². The number of carbonyl (C=O) groups is 1. The zero-order valence-electron chi connectivity index (χ0n) is 13.4. The summed E-state index contributed by atoms with van der Waals surface area (Å²) in [6.07, 6.45) is 0.320. The molecule has 0 fully saturated rings. The van der Waals surface area contributed by atoms with Gasteiger partial charge in [0.1, 0.15) is 17.3 Å². The fourth-order valence-electron chi connectivity index (χ4n) is 1.80. The number of hydrogen-bond acceptors (Lipinski definition) is 4. The Bertz CT molecular complexity index is 619. The Morgan fingerprint density at radius 3 is 2.52 bits per heavy atom. The molecule has 4 nitrogen and oxygen atoms in total. The molecule has 0 radical (unpaired) electrons. The van der Waals surface area contributed by atoms with Crippen molar-refractivity contribution in [2.24, 2.45) is 0 Å². The first-order chi connectivity index (χ1) is 10.9. The molecule has 0 aliphatic rings. The maximum Gasteiger partial charge on any atom is 0.310 e. The Balaban J connectivity index is 3.10. The number of esters is 1. The van der Waals surface area contributed by atoms with E-state index in [0.717, 1.165) is 0 Å². The van der Waals surface area contributed by atoms with Gasteiger partial charge in [0.05, 0.1) is 17.5 Å². The summed E-state index contributed by atoms with van der Waals surface area (Å²) >= 11 is 2.98. The largest absolute Gasteiger partial charge is 0.511 e. The van der Waals surface area contributed by atoms with Gasteiger partial charge in [-0.25, -0.2) is 4.39 Å². The zero-order chi connectivity index (χ0) is 17.4. The molecule has 0 aliphatic heterocycles. The van der Waals surface area contributed by atoms with Crippen LogP contribution in [0.2, 0.25) is 0 Å². The van der Waals surface area contributed by atoms with E-state index in [1.54, 1.807) is 38.1 Å². The van der Waals surface area contributed by atoms with E-state index in [1.807, 2.05) is 0 Å². The van der Waals surface area contributed by atoms with Gasteiger partial charge in [-0.2, -0.15) is 0 Å². The molecular weight excluding hydrogens is 367 g/mol. The molecule has 0 aromatic heterocycles. The summed E-state index contributed by atoms with van der Waals surface area (Å²) in [5, 5.41) is 9.38. The number of benzene rings is 1. The van der Waals surface area contributed by atoms with Crippen molar-refractivity contribution >= 4 is 21.9 Å². The quantitative estimate of drug-likeness (QED) is 0.409. The highest BCUT2D eigenvalue weighted by Gasteiger charge is 2.16. The van der Waals surface area contributed by atoms with E-state index in [-0.39, 0.29) is 34.8 Å². The lowest BCUT2D eigenvalue weighted by molar-refractivity contribution is -0.142. The molecule has 0 saturated heterocycles. The van der Waals surface area contributed by atoms with Gasteiger partial charge in [0.15, 0.2) is 5.83 Å². The summed E-state index contributed by atoms with van der Waals surface area (Å²) in [6.45, 7) is 5.13. The minimum absolute atomic E-state index is 0.0403. The molecule has 1 aromatic rings. The topological polar surface area (TPSA) is 55.8 Å². The first-order valence-electron chi connectivity index (χ1n) is 7.26. The van der Waals surface area contributed by atoms with Crippen LogP contribution in [0.1, 0.15) is 32.8 Å². The van der Waals surface area contributed by atoms with Crippen LogP contribution in [-0.4, -0.2) is 17.7 Å². The van der Waals surface area contributed by atoms with Gasteiger partial charge in [-0.15, -0.1) is 0 Å². The Labute approximate surface area is 143 Å². The van der Waals surface area contributed by atoms with E-state index < -0.39 is 5.83 Å². The van der Waals surface area contributed by atoms with Crippen molar-refractivity contribution in [1.29, 1.82) is 0 Å². The predicted molar refractivity (Wildman–Crippen MR) is 90.1 cm³/mol. The van der Waals surface area contributed by atoms with Gasteiger partial charge in [-0.05, 0) is 35.8 Å². The molecule has 126 valence electrons. The molecule has 1 aromatic carbocycles. The second-order valence-electron chi connectivity index (χ2n) is 4.68. The smallest absolute Gasteiger partial charge is 0.310 e. The molecule has 0 heterocycles. The van der Waals surface area contributed by atoms with Crippen LogP contribution >= 0.6 is 15.9 Å². The summed E-state index contributed by atoms with van der Waals surface area (Å²) < 4.78 is 24.8. The molecule has 0 bridgehead atoms. The summed E-state index contributed by atoms with van der Waals surface area (Å²) in [5.41, 5.74) is 0.602. The molecule has 0 saturated carbocycles. The lowest BCUT2D eigenvalue weighted by Gasteiger charge is -2.14. The molecule has 0 atom stereocenters. The Morgan fingerprint density at radius 2 is 1.96 bits per heavy atom. The van der Waals surface area contributed by atoms with Gasteiger partial charge >= 0.3 is 5.97 Å².